The van der Waals surface area contributed by atoms with E-state index in [0.29, 0.717) is 105 Å². The molecule has 0 bridgehead atoms. The van der Waals surface area contributed by atoms with Crippen LogP contribution in [0.15, 0.2) is 35.3 Å². The van der Waals surface area contributed by atoms with Crippen molar-refractivity contribution >= 4 is 17.0 Å². The van der Waals surface area contributed by atoms with Crippen molar-refractivity contribution in [2.75, 3.05) is 46.1 Å². The molecule has 39 heavy (non-hydrogen) atoms. The molecule has 6 rings (SSSR count). The Bertz CT molecular complexity index is 1450. The Balaban J connectivity index is 1.12. The summed E-state index contributed by atoms with van der Waals surface area (Å²) in [6.07, 6.45) is 1.85. The fourth-order valence-corrected chi connectivity index (χ4v) is 5.46. The van der Waals surface area contributed by atoms with Crippen LogP contribution in [0.1, 0.15) is 18.5 Å². The lowest BCUT2D eigenvalue weighted by Gasteiger charge is -2.37. The van der Waals surface area contributed by atoms with Crippen molar-refractivity contribution in [3.8, 4) is 23.0 Å². The van der Waals surface area contributed by atoms with Crippen molar-refractivity contribution < 1.29 is 33.2 Å². The van der Waals surface area contributed by atoms with Gasteiger partial charge < -0.3 is 33.5 Å². The van der Waals surface area contributed by atoms with E-state index < -0.39 is 17.5 Å². The largest absolute Gasteiger partial charge is 0.486 e. The van der Waals surface area contributed by atoms with Crippen molar-refractivity contribution in [2.24, 2.45) is 0 Å². The van der Waals surface area contributed by atoms with Gasteiger partial charge >= 0.3 is 6.09 Å². The molecule has 0 spiro atoms. The number of hydrogen-bond acceptors (Lipinski definition) is 8. The molecule has 0 aliphatic carbocycles. The molecule has 1 amide bonds. The van der Waals surface area contributed by atoms with Crippen LogP contribution in [0.4, 0.5) is 9.18 Å². The van der Waals surface area contributed by atoms with Crippen molar-refractivity contribution in [1.29, 1.82) is 0 Å². The van der Waals surface area contributed by atoms with Crippen LogP contribution in [0, 0.1) is 5.82 Å². The van der Waals surface area contributed by atoms with Crippen LogP contribution in [0.5, 0.6) is 23.0 Å². The SMILES string of the molecule is O=C(O)N(Cc1cc2c(cn1)OCCO2)C1CCN(CCn2c(=O)cc(F)c3ccc4c(c32)OCCO4)CC1. The Hall–Kier alpha value is -4.06. The molecule has 0 radical (unpaired) electrons. The van der Waals surface area contributed by atoms with Crippen LogP contribution in [0.3, 0.4) is 0 Å². The van der Waals surface area contributed by atoms with Crippen molar-refractivity contribution in [1.82, 2.24) is 19.4 Å². The molecule has 3 aliphatic rings. The number of rotatable bonds is 6. The molecule has 0 saturated carbocycles. The summed E-state index contributed by atoms with van der Waals surface area (Å²) in [5.74, 6) is 1.43. The molecule has 1 aromatic carbocycles. The third kappa shape index (κ3) is 5.03. The Morgan fingerprint density at radius 3 is 2.49 bits per heavy atom. The zero-order valence-electron chi connectivity index (χ0n) is 21.3. The molecule has 1 fully saturated rings. The molecule has 206 valence electrons. The summed E-state index contributed by atoms with van der Waals surface area (Å²) in [6, 6.07) is 5.84. The summed E-state index contributed by atoms with van der Waals surface area (Å²) in [6.45, 7) is 3.99. The lowest BCUT2D eigenvalue weighted by Crippen LogP contribution is -2.47. The third-order valence-electron chi connectivity index (χ3n) is 7.43. The van der Waals surface area contributed by atoms with Crippen LogP contribution < -0.4 is 24.5 Å². The number of ether oxygens (including phenoxy) is 4. The quantitative estimate of drug-likeness (QED) is 0.504. The van der Waals surface area contributed by atoms with Gasteiger partial charge in [0.2, 0.25) is 0 Å². The summed E-state index contributed by atoms with van der Waals surface area (Å²) < 4.78 is 38.7. The third-order valence-corrected chi connectivity index (χ3v) is 7.43. The summed E-state index contributed by atoms with van der Waals surface area (Å²) in [5, 5.41) is 10.2. The number of pyridine rings is 2. The Morgan fingerprint density at radius 1 is 1.00 bits per heavy atom. The second kappa shape index (κ2) is 10.6. The lowest BCUT2D eigenvalue weighted by molar-refractivity contribution is 0.0848. The van der Waals surface area contributed by atoms with E-state index in [2.05, 4.69) is 9.88 Å². The molecule has 5 heterocycles. The standard InChI is InChI=1S/C27H29FN4O7/c28-20-14-24(33)31(25-19(20)1-2-21-26(25)39-12-11-36-21)8-7-30-5-3-18(4-6-30)32(27(34)35)16-17-13-22-23(15-29-17)38-10-9-37-22/h1-2,13-15,18H,3-12,16H2,(H,34,35). The first-order valence-corrected chi connectivity index (χ1v) is 13.1. The maximum absolute atomic E-state index is 14.6. The number of halogens is 1. The van der Waals surface area contributed by atoms with Crippen LogP contribution in [-0.2, 0) is 13.1 Å². The highest BCUT2D eigenvalue weighted by molar-refractivity contribution is 5.88. The van der Waals surface area contributed by atoms with Gasteiger partial charge in [-0.25, -0.2) is 9.18 Å². The predicted octanol–water partition coefficient (Wildman–Crippen LogP) is 2.72. The van der Waals surface area contributed by atoms with E-state index in [9.17, 15) is 19.1 Å². The number of carboxylic acid groups (broad SMARTS) is 1. The summed E-state index contributed by atoms with van der Waals surface area (Å²) in [5.41, 5.74) is 0.554. The highest BCUT2D eigenvalue weighted by Crippen LogP contribution is 2.38. The highest BCUT2D eigenvalue weighted by atomic mass is 19.1. The number of benzene rings is 1. The van der Waals surface area contributed by atoms with Gasteiger partial charge in [0.15, 0.2) is 23.0 Å². The molecule has 2 aromatic heterocycles. The number of hydrogen-bond donors (Lipinski definition) is 1. The summed E-state index contributed by atoms with van der Waals surface area (Å²) >= 11 is 0. The minimum absolute atomic E-state index is 0.154. The van der Waals surface area contributed by atoms with E-state index in [4.69, 9.17) is 18.9 Å². The first-order chi connectivity index (χ1) is 19.0. The van der Waals surface area contributed by atoms with Crippen molar-refractivity contribution in [3.63, 3.8) is 0 Å². The molecule has 1 saturated heterocycles. The predicted molar refractivity (Wildman–Crippen MR) is 137 cm³/mol. The lowest BCUT2D eigenvalue weighted by atomic mass is 10.0. The number of fused-ring (bicyclic) bond motifs is 4. The highest BCUT2D eigenvalue weighted by Gasteiger charge is 2.29. The van der Waals surface area contributed by atoms with Crippen LogP contribution >= 0.6 is 0 Å². The van der Waals surface area contributed by atoms with Gasteiger partial charge in [-0.2, -0.15) is 0 Å². The smallest absolute Gasteiger partial charge is 0.407 e. The average molecular weight is 541 g/mol. The van der Waals surface area contributed by atoms with E-state index in [1.807, 2.05) is 0 Å². The van der Waals surface area contributed by atoms with Gasteiger partial charge in [0.25, 0.3) is 5.56 Å². The Morgan fingerprint density at radius 2 is 1.72 bits per heavy atom. The number of carbonyl (C=O) groups is 1. The van der Waals surface area contributed by atoms with E-state index >= 15 is 0 Å². The van der Waals surface area contributed by atoms with Gasteiger partial charge in [-0.3, -0.25) is 14.7 Å². The number of piperidine rings is 1. The maximum atomic E-state index is 14.6. The van der Waals surface area contributed by atoms with Gasteiger partial charge in [-0.1, -0.05) is 0 Å². The zero-order chi connectivity index (χ0) is 26.9. The normalized spacial score (nSPS) is 17.3. The fraction of sp³-hybridized carbons (Fsp3) is 0.444. The number of nitrogens with zero attached hydrogens (tertiary/aromatic N) is 4. The van der Waals surface area contributed by atoms with Gasteiger partial charge in [0, 0.05) is 49.7 Å². The van der Waals surface area contributed by atoms with Gasteiger partial charge in [0.1, 0.15) is 37.8 Å². The molecule has 0 atom stereocenters. The monoisotopic (exact) mass is 540 g/mol. The second-order valence-corrected chi connectivity index (χ2v) is 9.77. The summed E-state index contributed by atoms with van der Waals surface area (Å²) in [7, 11) is 0. The maximum Gasteiger partial charge on any atom is 0.407 e. The molecule has 11 nitrogen and oxygen atoms in total. The van der Waals surface area contributed by atoms with Crippen LogP contribution in [0.2, 0.25) is 0 Å². The van der Waals surface area contributed by atoms with Crippen molar-refractivity contribution in [3.05, 3.63) is 52.3 Å². The first kappa shape index (κ1) is 25.2. The fourth-order valence-electron chi connectivity index (χ4n) is 5.46. The molecular weight excluding hydrogens is 511 g/mol. The topological polar surface area (TPSA) is 116 Å². The minimum atomic E-state index is -0.999. The molecule has 3 aromatic rings. The second-order valence-electron chi connectivity index (χ2n) is 9.77. The molecule has 12 heteroatoms. The Kier molecular flexibility index (Phi) is 6.86. The number of aromatic nitrogens is 2. The zero-order valence-corrected chi connectivity index (χ0v) is 21.3. The van der Waals surface area contributed by atoms with Gasteiger partial charge in [-0.15, -0.1) is 0 Å². The first-order valence-electron chi connectivity index (χ1n) is 13.1. The van der Waals surface area contributed by atoms with E-state index in [0.717, 1.165) is 6.07 Å². The molecular formula is C27H29FN4O7. The Labute approximate surface area is 223 Å². The number of amides is 1. The number of likely N-dealkylation sites (tertiary alicyclic amines) is 1. The van der Waals surface area contributed by atoms with E-state index in [1.54, 1.807) is 24.4 Å². The molecule has 3 aliphatic heterocycles. The van der Waals surface area contributed by atoms with Gasteiger partial charge in [-0.05, 0) is 25.0 Å². The van der Waals surface area contributed by atoms with E-state index in [-0.39, 0.29) is 12.6 Å². The van der Waals surface area contributed by atoms with E-state index in [1.165, 1.54) is 9.47 Å². The molecule has 0 unspecified atom stereocenters. The average Bonchev–Trinajstić information content (AvgIpc) is 2.95. The van der Waals surface area contributed by atoms with Crippen LogP contribution in [0.25, 0.3) is 10.9 Å². The molecule has 1 N–H and O–H groups in total. The van der Waals surface area contributed by atoms with Gasteiger partial charge in [0.05, 0.1) is 18.4 Å². The minimum Gasteiger partial charge on any atom is -0.486 e. The van der Waals surface area contributed by atoms with Crippen molar-refractivity contribution in [2.45, 2.75) is 32.0 Å². The summed E-state index contributed by atoms with van der Waals surface area (Å²) in [4.78, 5) is 32.9. The van der Waals surface area contributed by atoms with Crippen LogP contribution in [-0.4, -0.2) is 82.7 Å².